The highest BCUT2D eigenvalue weighted by molar-refractivity contribution is 5.89. The van der Waals surface area contributed by atoms with Gasteiger partial charge in [0, 0.05) is 34.6 Å². The summed E-state index contributed by atoms with van der Waals surface area (Å²) in [5.74, 6) is -5.95. The number of carbonyl (C=O) groups is 6. The van der Waals surface area contributed by atoms with Crippen molar-refractivity contribution in [2.45, 2.75) is 96.1 Å². The first kappa shape index (κ1) is 31.4. The molecule has 4 aliphatic rings. The van der Waals surface area contributed by atoms with Crippen LogP contribution in [0, 0.1) is 17.3 Å². The summed E-state index contributed by atoms with van der Waals surface area (Å²) in [5.41, 5.74) is -6.84. The molecule has 1 spiro atoms. The molecule has 5 rings (SSSR count). The summed E-state index contributed by atoms with van der Waals surface area (Å²) in [5, 5.41) is 0. The number of esters is 6. The van der Waals surface area contributed by atoms with Gasteiger partial charge in [-0.25, -0.2) is 4.79 Å². The minimum absolute atomic E-state index is 0.0739. The molecule has 0 N–H and O–H groups in total. The lowest BCUT2D eigenvalue weighted by atomic mass is 9.34. The summed E-state index contributed by atoms with van der Waals surface area (Å²) in [6.07, 6.45) is -5.05. The Labute approximate surface area is 253 Å². The zero-order chi connectivity index (χ0) is 32.4. The maximum Gasteiger partial charge on any atom is 0.338 e. The van der Waals surface area contributed by atoms with Crippen molar-refractivity contribution in [3.63, 3.8) is 0 Å². The number of hydrogen-bond acceptors (Lipinski definition) is 13. The molecule has 1 unspecified atom stereocenters. The summed E-state index contributed by atoms with van der Waals surface area (Å²) in [7, 11) is 0. The van der Waals surface area contributed by atoms with E-state index in [9.17, 15) is 28.8 Å². The van der Waals surface area contributed by atoms with Crippen molar-refractivity contribution in [2.75, 3.05) is 6.61 Å². The van der Waals surface area contributed by atoms with Gasteiger partial charge in [0.2, 0.25) is 0 Å². The average molecular weight is 617 g/mol. The normalized spacial score (nSPS) is 39.2. The number of carbonyl (C=O) groups excluding carboxylic acids is 6. The molecule has 2 bridgehead atoms. The quantitative estimate of drug-likeness (QED) is 0.308. The second-order valence-electron chi connectivity index (χ2n) is 12.1. The number of rotatable bonds is 8. The minimum atomic E-state index is -1.97. The lowest BCUT2D eigenvalue weighted by Gasteiger charge is -2.72. The van der Waals surface area contributed by atoms with Crippen LogP contribution in [0.4, 0.5) is 0 Å². The van der Waals surface area contributed by atoms with Crippen molar-refractivity contribution < 1.29 is 61.9 Å². The molecule has 2 aliphatic carbocycles. The highest BCUT2D eigenvalue weighted by Crippen LogP contribution is 2.83. The second kappa shape index (κ2) is 10.6. The van der Waals surface area contributed by atoms with Crippen LogP contribution in [0.15, 0.2) is 30.3 Å². The highest BCUT2D eigenvalue weighted by atomic mass is 16.7. The van der Waals surface area contributed by atoms with Crippen LogP contribution in [0.1, 0.15) is 65.2 Å². The van der Waals surface area contributed by atoms with Crippen LogP contribution in [0.25, 0.3) is 0 Å². The van der Waals surface area contributed by atoms with Gasteiger partial charge in [-0.2, -0.15) is 0 Å². The van der Waals surface area contributed by atoms with Crippen molar-refractivity contribution >= 4 is 35.8 Å². The van der Waals surface area contributed by atoms with Crippen LogP contribution >= 0.6 is 0 Å². The Morgan fingerprint density at radius 3 is 1.91 bits per heavy atom. The molecule has 2 saturated heterocycles. The van der Waals surface area contributed by atoms with Crippen LogP contribution in [-0.2, 0) is 57.1 Å². The highest BCUT2D eigenvalue weighted by Gasteiger charge is 3.03. The van der Waals surface area contributed by atoms with E-state index < -0.39 is 101 Å². The molecule has 13 heteroatoms. The first-order valence-corrected chi connectivity index (χ1v) is 14.4. The van der Waals surface area contributed by atoms with Crippen LogP contribution in [-0.4, -0.2) is 83.6 Å². The van der Waals surface area contributed by atoms with Crippen molar-refractivity contribution in [2.24, 2.45) is 17.3 Å². The Balaban J connectivity index is 1.83. The Bertz CT molecular complexity index is 1410. The van der Waals surface area contributed by atoms with E-state index in [1.165, 1.54) is 26.0 Å². The third kappa shape index (κ3) is 4.00. The monoisotopic (exact) mass is 616 g/mol. The SMILES string of the molecule is CC(=O)OC[C@@]12[C@@H](OC(C)=O)[C@@H](OC(C)=O)C[C@@H](C)[C@]13OC1(C)[C@@H]([C@H]3OC(C)=O)[C@@H](OC(=O)c3ccccc3)[C@@]12OC(C)=O. The van der Waals surface area contributed by atoms with E-state index >= 15 is 0 Å². The molecule has 10 atom stereocenters. The number of ether oxygens (including phenoxy) is 7. The van der Waals surface area contributed by atoms with Gasteiger partial charge in [-0.05, 0) is 31.4 Å². The lowest BCUT2D eigenvalue weighted by molar-refractivity contribution is -0.368. The molecule has 238 valence electrons. The fourth-order valence-corrected chi connectivity index (χ4v) is 8.72. The van der Waals surface area contributed by atoms with Gasteiger partial charge in [0.15, 0.2) is 17.8 Å². The lowest BCUT2D eigenvalue weighted by Crippen LogP contribution is -2.93. The van der Waals surface area contributed by atoms with Crippen molar-refractivity contribution in [3.05, 3.63) is 35.9 Å². The maximum absolute atomic E-state index is 13.6. The van der Waals surface area contributed by atoms with Gasteiger partial charge in [0.25, 0.3) is 0 Å². The fourth-order valence-electron chi connectivity index (χ4n) is 8.72. The number of benzene rings is 1. The van der Waals surface area contributed by atoms with Gasteiger partial charge < -0.3 is 33.2 Å². The molecule has 0 amide bonds. The molecule has 0 radical (unpaired) electrons. The Kier molecular flexibility index (Phi) is 7.55. The predicted octanol–water partition coefficient (Wildman–Crippen LogP) is 2.07. The van der Waals surface area contributed by atoms with Crippen molar-refractivity contribution in [1.82, 2.24) is 0 Å². The first-order chi connectivity index (χ1) is 20.6. The second-order valence-corrected chi connectivity index (χ2v) is 12.1. The smallest absolute Gasteiger partial charge is 0.338 e. The van der Waals surface area contributed by atoms with Gasteiger partial charge in [0.1, 0.15) is 35.4 Å². The molecule has 44 heavy (non-hydrogen) atoms. The minimum Gasteiger partial charge on any atom is -0.465 e. The maximum atomic E-state index is 13.6. The first-order valence-electron chi connectivity index (χ1n) is 14.4. The molecule has 1 aromatic rings. The predicted molar refractivity (Wildman–Crippen MR) is 145 cm³/mol. The third-order valence-electron chi connectivity index (χ3n) is 9.69. The van der Waals surface area contributed by atoms with Crippen molar-refractivity contribution in [3.8, 4) is 0 Å². The molecular formula is C31H36O13. The van der Waals surface area contributed by atoms with E-state index in [0.717, 1.165) is 20.8 Å². The molecule has 13 nitrogen and oxygen atoms in total. The van der Waals surface area contributed by atoms with Gasteiger partial charge in [-0.1, -0.05) is 25.1 Å². The molecule has 4 fully saturated rings. The van der Waals surface area contributed by atoms with E-state index in [4.69, 9.17) is 33.2 Å². The molecular weight excluding hydrogens is 580 g/mol. The van der Waals surface area contributed by atoms with Gasteiger partial charge in [-0.15, -0.1) is 0 Å². The molecule has 2 saturated carbocycles. The van der Waals surface area contributed by atoms with E-state index in [1.54, 1.807) is 32.0 Å². The zero-order valence-electron chi connectivity index (χ0n) is 25.6. The fraction of sp³-hybridized carbons (Fsp3) is 0.613. The zero-order valence-corrected chi connectivity index (χ0v) is 25.6. The summed E-state index contributed by atoms with van der Waals surface area (Å²) in [6, 6.07) is 8.07. The van der Waals surface area contributed by atoms with Crippen LogP contribution < -0.4 is 0 Å². The van der Waals surface area contributed by atoms with Crippen LogP contribution in [0.3, 0.4) is 0 Å². The average Bonchev–Trinajstić information content (AvgIpc) is 3.24. The van der Waals surface area contributed by atoms with E-state index in [2.05, 4.69) is 0 Å². The number of fused-ring (bicyclic) bond motifs is 1. The summed E-state index contributed by atoms with van der Waals surface area (Å²) in [4.78, 5) is 76.8. The third-order valence-corrected chi connectivity index (χ3v) is 9.69. The summed E-state index contributed by atoms with van der Waals surface area (Å²) < 4.78 is 42.5. The van der Waals surface area contributed by atoms with Gasteiger partial charge in [-0.3, -0.25) is 24.0 Å². The Morgan fingerprint density at radius 1 is 0.773 bits per heavy atom. The van der Waals surface area contributed by atoms with Gasteiger partial charge >= 0.3 is 35.8 Å². The van der Waals surface area contributed by atoms with Crippen LogP contribution in [0.5, 0.6) is 0 Å². The topological polar surface area (TPSA) is 167 Å². The summed E-state index contributed by atoms with van der Waals surface area (Å²) in [6.45, 7) is 8.64. The molecule has 2 aliphatic heterocycles. The van der Waals surface area contributed by atoms with Crippen LogP contribution in [0.2, 0.25) is 0 Å². The molecule has 2 heterocycles. The van der Waals surface area contributed by atoms with Crippen molar-refractivity contribution in [1.29, 1.82) is 0 Å². The molecule has 1 aromatic carbocycles. The van der Waals surface area contributed by atoms with E-state index in [0.29, 0.717) is 0 Å². The summed E-state index contributed by atoms with van der Waals surface area (Å²) >= 11 is 0. The molecule has 0 aromatic heterocycles. The Morgan fingerprint density at radius 2 is 1.36 bits per heavy atom. The van der Waals surface area contributed by atoms with E-state index in [1.807, 2.05) is 0 Å². The van der Waals surface area contributed by atoms with Gasteiger partial charge in [0.05, 0.1) is 11.5 Å². The largest absolute Gasteiger partial charge is 0.465 e. The number of hydrogen-bond donors (Lipinski definition) is 0. The Hall–Kier alpha value is -4.00. The van der Waals surface area contributed by atoms with E-state index in [-0.39, 0.29) is 12.0 Å². The standard InChI is InChI=1S/C31H36O13/c1-15-13-22(39-17(3)33)24(40-18(4)34)29(14-38-16(2)32)30(15)25(41-19(5)35)23-26(42-27(37)21-11-9-8-10-12-21)31(29,43-20(6)36)28(23,7)44-30/h8-12,15,22-26H,13-14H2,1-7H3/t15-,22+,23+,24+,25-,26-,28?,29-,30-,31-/m1/s1.